The van der Waals surface area contributed by atoms with Gasteiger partial charge in [-0.3, -0.25) is 4.79 Å². The van der Waals surface area contributed by atoms with E-state index in [-0.39, 0.29) is 24.1 Å². The number of allylic oxidation sites excluding steroid dienone is 2. The number of carbonyl (C=O) groups is 1. The van der Waals surface area contributed by atoms with E-state index in [4.69, 9.17) is 9.47 Å². The van der Waals surface area contributed by atoms with Gasteiger partial charge < -0.3 is 9.47 Å². The third kappa shape index (κ3) is 0.804. The first-order valence-corrected chi connectivity index (χ1v) is 4.73. The maximum absolute atomic E-state index is 11.5. The molecule has 5 atom stereocenters. The molecule has 2 bridgehead atoms. The zero-order chi connectivity index (χ0) is 9.00. The standard InChI is InChI=1S/C10H12O3/c1-12-10-8-6-3-2-5(4-6)7(8)9(11)13-10/h2-3,5-8,10H,4H2,1H3/t5-,6+,7-,8+,10+/m1/s1. The van der Waals surface area contributed by atoms with Gasteiger partial charge in [0.2, 0.25) is 6.29 Å². The second-order valence-electron chi connectivity index (χ2n) is 4.09. The topological polar surface area (TPSA) is 35.5 Å². The highest BCUT2D eigenvalue weighted by Crippen LogP contribution is 2.53. The third-order valence-corrected chi connectivity index (χ3v) is 3.57. The number of cyclic esters (lactones) is 1. The average Bonchev–Trinajstić information content (AvgIpc) is 2.76. The molecule has 2 fully saturated rings. The van der Waals surface area contributed by atoms with E-state index in [9.17, 15) is 4.79 Å². The van der Waals surface area contributed by atoms with Crippen molar-refractivity contribution in [2.45, 2.75) is 12.7 Å². The molecule has 0 amide bonds. The Labute approximate surface area is 76.7 Å². The molecular formula is C10H12O3. The largest absolute Gasteiger partial charge is 0.435 e. The van der Waals surface area contributed by atoms with Gasteiger partial charge in [-0.1, -0.05) is 12.2 Å². The van der Waals surface area contributed by atoms with Crippen LogP contribution in [0.4, 0.5) is 0 Å². The monoisotopic (exact) mass is 180 g/mol. The van der Waals surface area contributed by atoms with Gasteiger partial charge in [-0.15, -0.1) is 0 Å². The molecule has 0 N–H and O–H groups in total. The molecule has 1 saturated heterocycles. The van der Waals surface area contributed by atoms with E-state index in [2.05, 4.69) is 12.2 Å². The molecule has 2 aliphatic carbocycles. The molecule has 0 aromatic heterocycles. The lowest BCUT2D eigenvalue weighted by atomic mass is 9.85. The molecule has 0 aromatic carbocycles. The average molecular weight is 180 g/mol. The molecule has 3 aliphatic rings. The summed E-state index contributed by atoms with van der Waals surface area (Å²) in [5.74, 6) is 1.23. The van der Waals surface area contributed by atoms with E-state index in [0.717, 1.165) is 6.42 Å². The summed E-state index contributed by atoms with van der Waals surface area (Å²) in [5.41, 5.74) is 0. The number of hydrogen-bond acceptors (Lipinski definition) is 3. The number of carbonyl (C=O) groups excluding carboxylic acids is 1. The van der Waals surface area contributed by atoms with Gasteiger partial charge in [0.1, 0.15) is 0 Å². The van der Waals surface area contributed by atoms with E-state index in [0.29, 0.717) is 11.8 Å². The van der Waals surface area contributed by atoms with Crippen molar-refractivity contribution in [1.82, 2.24) is 0 Å². The van der Waals surface area contributed by atoms with Crippen LogP contribution in [0, 0.1) is 23.7 Å². The van der Waals surface area contributed by atoms with Gasteiger partial charge in [0.25, 0.3) is 0 Å². The molecule has 0 aromatic rings. The lowest BCUT2D eigenvalue weighted by molar-refractivity contribution is -0.164. The molecule has 0 spiro atoms. The molecule has 3 heteroatoms. The Morgan fingerprint density at radius 3 is 3.00 bits per heavy atom. The molecule has 1 heterocycles. The van der Waals surface area contributed by atoms with Crippen molar-refractivity contribution in [2.75, 3.05) is 7.11 Å². The van der Waals surface area contributed by atoms with Gasteiger partial charge in [0, 0.05) is 13.0 Å². The number of ether oxygens (including phenoxy) is 2. The third-order valence-electron chi connectivity index (χ3n) is 3.57. The highest BCUT2D eigenvalue weighted by Gasteiger charge is 2.57. The Kier molecular flexibility index (Phi) is 1.37. The number of esters is 1. The van der Waals surface area contributed by atoms with Gasteiger partial charge >= 0.3 is 5.97 Å². The fraction of sp³-hybridized carbons (Fsp3) is 0.700. The number of rotatable bonds is 1. The molecule has 70 valence electrons. The highest BCUT2D eigenvalue weighted by molar-refractivity contribution is 5.77. The Bertz CT molecular complexity index is 284. The van der Waals surface area contributed by atoms with Crippen molar-refractivity contribution >= 4 is 5.97 Å². The molecule has 0 unspecified atom stereocenters. The summed E-state index contributed by atoms with van der Waals surface area (Å²) >= 11 is 0. The van der Waals surface area contributed by atoms with Crippen LogP contribution in [0.25, 0.3) is 0 Å². The number of fused-ring (bicyclic) bond motifs is 5. The quantitative estimate of drug-likeness (QED) is 0.445. The fourth-order valence-corrected chi connectivity index (χ4v) is 3.04. The van der Waals surface area contributed by atoms with Crippen LogP contribution in [-0.2, 0) is 14.3 Å². The highest BCUT2D eigenvalue weighted by atomic mass is 16.7. The summed E-state index contributed by atoms with van der Waals surface area (Å²) in [6.07, 6.45) is 5.19. The summed E-state index contributed by atoms with van der Waals surface area (Å²) in [4.78, 5) is 11.5. The predicted molar refractivity (Wildman–Crippen MR) is 44.6 cm³/mol. The summed E-state index contributed by atoms with van der Waals surface area (Å²) in [6.45, 7) is 0. The Morgan fingerprint density at radius 1 is 1.46 bits per heavy atom. The van der Waals surface area contributed by atoms with Crippen LogP contribution < -0.4 is 0 Å². The second-order valence-corrected chi connectivity index (χ2v) is 4.09. The van der Waals surface area contributed by atoms with Crippen LogP contribution in [0.5, 0.6) is 0 Å². The van der Waals surface area contributed by atoms with Crippen molar-refractivity contribution in [1.29, 1.82) is 0 Å². The van der Waals surface area contributed by atoms with Gasteiger partial charge in [0.15, 0.2) is 0 Å². The fourth-order valence-electron chi connectivity index (χ4n) is 3.04. The first-order chi connectivity index (χ1) is 6.31. The smallest absolute Gasteiger partial charge is 0.312 e. The molecule has 1 saturated carbocycles. The van der Waals surface area contributed by atoms with Crippen molar-refractivity contribution in [3.05, 3.63) is 12.2 Å². The number of hydrogen-bond donors (Lipinski definition) is 0. The van der Waals surface area contributed by atoms with E-state index >= 15 is 0 Å². The normalized spacial score (nSPS) is 51.2. The van der Waals surface area contributed by atoms with Crippen LogP contribution in [-0.4, -0.2) is 19.4 Å². The molecule has 3 nitrogen and oxygen atoms in total. The molecule has 3 rings (SSSR count). The molecule has 0 radical (unpaired) electrons. The summed E-state index contributed by atoms with van der Waals surface area (Å²) in [7, 11) is 1.61. The van der Waals surface area contributed by atoms with Crippen LogP contribution in [0.3, 0.4) is 0 Å². The van der Waals surface area contributed by atoms with Gasteiger partial charge in [0.05, 0.1) is 5.92 Å². The molecular weight excluding hydrogens is 168 g/mol. The maximum atomic E-state index is 11.5. The minimum Gasteiger partial charge on any atom is -0.435 e. The SMILES string of the molecule is CO[C@H]1OC(=O)[C@H]2[C@@H]1[C@H]1C=C[C@@H]2C1. The first-order valence-electron chi connectivity index (χ1n) is 4.73. The van der Waals surface area contributed by atoms with Gasteiger partial charge in [-0.25, -0.2) is 0 Å². The zero-order valence-electron chi connectivity index (χ0n) is 7.47. The van der Waals surface area contributed by atoms with E-state index in [1.165, 1.54) is 0 Å². The van der Waals surface area contributed by atoms with Crippen molar-refractivity contribution in [3.63, 3.8) is 0 Å². The lowest BCUT2D eigenvalue weighted by Crippen LogP contribution is -2.25. The second kappa shape index (κ2) is 2.35. The van der Waals surface area contributed by atoms with E-state index in [1.54, 1.807) is 7.11 Å². The predicted octanol–water partition coefficient (Wildman–Crippen LogP) is 0.954. The van der Waals surface area contributed by atoms with E-state index < -0.39 is 0 Å². The lowest BCUT2D eigenvalue weighted by Gasteiger charge is -2.20. The first kappa shape index (κ1) is 7.56. The summed E-state index contributed by atoms with van der Waals surface area (Å²) < 4.78 is 10.3. The van der Waals surface area contributed by atoms with Crippen LogP contribution in [0.1, 0.15) is 6.42 Å². The van der Waals surface area contributed by atoms with Crippen LogP contribution >= 0.6 is 0 Å². The summed E-state index contributed by atoms with van der Waals surface area (Å²) in [5, 5.41) is 0. The van der Waals surface area contributed by atoms with Crippen LogP contribution in [0.2, 0.25) is 0 Å². The Hall–Kier alpha value is -0.830. The number of methoxy groups -OCH3 is 1. The Balaban J connectivity index is 1.97. The molecule has 13 heavy (non-hydrogen) atoms. The van der Waals surface area contributed by atoms with Crippen LogP contribution in [0.15, 0.2) is 12.2 Å². The zero-order valence-corrected chi connectivity index (χ0v) is 7.47. The van der Waals surface area contributed by atoms with Crippen molar-refractivity contribution < 1.29 is 14.3 Å². The maximum Gasteiger partial charge on any atom is 0.312 e. The van der Waals surface area contributed by atoms with Crippen molar-refractivity contribution in [2.24, 2.45) is 23.7 Å². The van der Waals surface area contributed by atoms with Crippen molar-refractivity contribution in [3.8, 4) is 0 Å². The Morgan fingerprint density at radius 2 is 2.23 bits per heavy atom. The minimum atomic E-state index is -0.294. The van der Waals surface area contributed by atoms with Gasteiger partial charge in [-0.05, 0) is 18.3 Å². The summed E-state index contributed by atoms with van der Waals surface area (Å²) in [6, 6.07) is 0. The molecule has 1 aliphatic heterocycles. The van der Waals surface area contributed by atoms with E-state index in [1.807, 2.05) is 0 Å². The minimum absolute atomic E-state index is 0.0614. The van der Waals surface area contributed by atoms with Gasteiger partial charge in [-0.2, -0.15) is 0 Å².